The number of H-pyrrole nitrogens is 1. The lowest BCUT2D eigenvalue weighted by atomic mass is 9.95. The van der Waals surface area contributed by atoms with Crippen LogP contribution in [0.5, 0.6) is 17.2 Å². The topological polar surface area (TPSA) is 103 Å². The average molecular weight is 275 g/mol. The van der Waals surface area contributed by atoms with E-state index in [1.54, 1.807) is 12.1 Å². The van der Waals surface area contributed by atoms with E-state index in [4.69, 9.17) is 4.74 Å². The number of phenols is 2. The summed E-state index contributed by atoms with van der Waals surface area (Å²) in [5, 5.41) is 29.4. The number of hydrogen-bond donors (Lipinski definition) is 4. The second kappa shape index (κ2) is 4.57. The second-order valence-corrected chi connectivity index (χ2v) is 4.71. The molecule has 6 heteroatoms. The van der Waals surface area contributed by atoms with Crippen molar-refractivity contribution in [2.75, 3.05) is 0 Å². The highest BCUT2D eigenvalue weighted by Crippen LogP contribution is 2.41. The largest absolute Gasteiger partial charge is 0.508 e. The van der Waals surface area contributed by atoms with E-state index in [9.17, 15) is 20.1 Å². The molecule has 0 aliphatic carbocycles. The predicted molar refractivity (Wildman–Crippen MR) is 69.9 cm³/mol. The average Bonchev–Trinajstić information content (AvgIpc) is 2.40. The van der Waals surface area contributed by atoms with Crippen LogP contribution in [0.15, 0.2) is 35.3 Å². The molecule has 2 heterocycles. The van der Waals surface area contributed by atoms with Crippen molar-refractivity contribution in [3.8, 4) is 17.2 Å². The molecule has 4 N–H and O–H groups in total. The molecule has 1 aliphatic heterocycles. The Balaban J connectivity index is 2.05. The molecule has 1 aromatic heterocycles. The Kier molecular flexibility index (Phi) is 2.87. The zero-order valence-electron chi connectivity index (χ0n) is 10.4. The van der Waals surface area contributed by atoms with Crippen molar-refractivity contribution in [3.05, 3.63) is 51.9 Å². The van der Waals surface area contributed by atoms with Crippen molar-refractivity contribution in [1.29, 1.82) is 0 Å². The summed E-state index contributed by atoms with van der Waals surface area (Å²) in [6.07, 6.45) is -0.164. The Morgan fingerprint density at radius 2 is 2.10 bits per heavy atom. The maximum absolute atomic E-state index is 11.8. The van der Waals surface area contributed by atoms with Crippen LogP contribution in [0.1, 0.15) is 17.2 Å². The molecule has 1 aliphatic rings. The minimum absolute atomic E-state index is 0.139. The van der Waals surface area contributed by atoms with Gasteiger partial charge in [-0.05, 0) is 12.1 Å². The van der Waals surface area contributed by atoms with Crippen molar-refractivity contribution in [3.63, 3.8) is 0 Å². The first-order chi connectivity index (χ1) is 9.56. The molecule has 0 amide bonds. The van der Waals surface area contributed by atoms with E-state index >= 15 is 0 Å². The normalized spacial score (nSPS) is 21.1. The Labute approximate surface area is 113 Å². The van der Waals surface area contributed by atoms with E-state index < -0.39 is 12.2 Å². The summed E-state index contributed by atoms with van der Waals surface area (Å²) in [7, 11) is 0. The Morgan fingerprint density at radius 1 is 1.30 bits per heavy atom. The molecule has 2 unspecified atom stereocenters. The lowest BCUT2D eigenvalue weighted by molar-refractivity contribution is 0.0190. The molecular weight excluding hydrogens is 262 g/mol. The maximum atomic E-state index is 11.8. The van der Waals surface area contributed by atoms with Gasteiger partial charge in [0.25, 0.3) is 5.56 Å². The summed E-state index contributed by atoms with van der Waals surface area (Å²) in [5.74, 6) is -0.0149. The zero-order valence-corrected chi connectivity index (χ0v) is 10.4. The van der Waals surface area contributed by atoms with Crippen molar-refractivity contribution in [2.45, 2.75) is 18.6 Å². The molecule has 0 saturated carbocycles. The molecule has 2 aromatic rings. The quantitative estimate of drug-likeness (QED) is 0.617. The third kappa shape index (κ3) is 2.00. The van der Waals surface area contributed by atoms with E-state index in [-0.39, 0.29) is 29.2 Å². The van der Waals surface area contributed by atoms with Crippen LogP contribution < -0.4 is 10.3 Å². The first-order valence-corrected chi connectivity index (χ1v) is 6.13. The van der Waals surface area contributed by atoms with Crippen LogP contribution in [0, 0.1) is 0 Å². The summed E-state index contributed by atoms with van der Waals surface area (Å²) in [6, 6.07) is 5.75. The SMILES string of the molecule is O=c1[nH]cccc1C1Oc2cc(O)cc(O)c2CC1O. The summed E-state index contributed by atoms with van der Waals surface area (Å²) < 4.78 is 5.58. The minimum Gasteiger partial charge on any atom is -0.508 e. The van der Waals surface area contributed by atoms with Gasteiger partial charge >= 0.3 is 0 Å². The zero-order chi connectivity index (χ0) is 14.3. The van der Waals surface area contributed by atoms with Crippen LogP contribution in [0.25, 0.3) is 0 Å². The van der Waals surface area contributed by atoms with Gasteiger partial charge in [0, 0.05) is 30.3 Å². The van der Waals surface area contributed by atoms with Gasteiger partial charge in [-0.15, -0.1) is 0 Å². The fourth-order valence-electron chi connectivity index (χ4n) is 2.39. The van der Waals surface area contributed by atoms with Gasteiger partial charge in [0.2, 0.25) is 0 Å². The van der Waals surface area contributed by atoms with Crippen LogP contribution in [-0.4, -0.2) is 26.4 Å². The van der Waals surface area contributed by atoms with Crippen LogP contribution in [-0.2, 0) is 6.42 Å². The lowest BCUT2D eigenvalue weighted by Crippen LogP contribution is -2.34. The van der Waals surface area contributed by atoms with E-state index in [1.165, 1.54) is 18.3 Å². The number of nitrogens with one attached hydrogen (secondary N) is 1. The Morgan fingerprint density at radius 3 is 2.85 bits per heavy atom. The number of aromatic hydroxyl groups is 2. The second-order valence-electron chi connectivity index (χ2n) is 4.71. The molecule has 0 bridgehead atoms. The molecule has 6 nitrogen and oxygen atoms in total. The van der Waals surface area contributed by atoms with E-state index in [0.717, 1.165) is 0 Å². The van der Waals surface area contributed by atoms with Gasteiger partial charge in [0.05, 0.1) is 11.7 Å². The monoisotopic (exact) mass is 275 g/mol. The first kappa shape index (κ1) is 12.6. The third-order valence-electron chi connectivity index (χ3n) is 3.34. The van der Waals surface area contributed by atoms with Crippen molar-refractivity contribution in [2.24, 2.45) is 0 Å². The lowest BCUT2D eigenvalue weighted by Gasteiger charge is -2.30. The summed E-state index contributed by atoms with van der Waals surface area (Å²) in [6.45, 7) is 0. The Bertz CT molecular complexity index is 709. The molecule has 104 valence electrons. The van der Waals surface area contributed by atoms with Gasteiger partial charge in [-0.2, -0.15) is 0 Å². The first-order valence-electron chi connectivity index (χ1n) is 6.13. The number of ether oxygens (including phenoxy) is 1. The van der Waals surface area contributed by atoms with E-state index in [0.29, 0.717) is 11.1 Å². The van der Waals surface area contributed by atoms with E-state index in [1.807, 2.05) is 0 Å². The number of fused-ring (bicyclic) bond motifs is 1. The van der Waals surface area contributed by atoms with Crippen LogP contribution in [0.3, 0.4) is 0 Å². The van der Waals surface area contributed by atoms with E-state index in [2.05, 4.69) is 4.98 Å². The number of aliphatic hydroxyl groups is 1. The van der Waals surface area contributed by atoms with Gasteiger partial charge in [0.1, 0.15) is 17.2 Å². The molecule has 2 atom stereocenters. The Hall–Kier alpha value is -2.47. The molecule has 3 rings (SSSR count). The van der Waals surface area contributed by atoms with Gasteiger partial charge in [0.15, 0.2) is 6.10 Å². The molecule has 0 spiro atoms. The van der Waals surface area contributed by atoms with Gasteiger partial charge in [-0.3, -0.25) is 4.79 Å². The fraction of sp³-hybridized carbons (Fsp3) is 0.214. The number of aromatic amines is 1. The number of aromatic nitrogens is 1. The molecule has 0 fully saturated rings. The highest BCUT2D eigenvalue weighted by atomic mass is 16.5. The van der Waals surface area contributed by atoms with Gasteiger partial charge in [-0.1, -0.05) is 0 Å². The van der Waals surface area contributed by atoms with Gasteiger partial charge in [-0.25, -0.2) is 0 Å². The molecule has 0 saturated heterocycles. The van der Waals surface area contributed by atoms with Gasteiger partial charge < -0.3 is 25.0 Å². The van der Waals surface area contributed by atoms with Crippen molar-refractivity contribution in [1.82, 2.24) is 4.98 Å². The number of rotatable bonds is 1. The third-order valence-corrected chi connectivity index (χ3v) is 3.34. The number of aliphatic hydroxyl groups excluding tert-OH is 1. The fourth-order valence-corrected chi connectivity index (χ4v) is 2.39. The maximum Gasteiger partial charge on any atom is 0.254 e. The number of benzene rings is 1. The number of pyridine rings is 1. The number of hydrogen-bond acceptors (Lipinski definition) is 5. The highest BCUT2D eigenvalue weighted by molar-refractivity contribution is 5.51. The summed E-state index contributed by atoms with van der Waals surface area (Å²) in [4.78, 5) is 14.3. The van der Waals surface area contributed by atoms with Crippen molar-refractivity contribution < 1.29 is 20.1 Å². The smallest absolute Gasteiger partial charge is 0.254 e. The number of phenolic OH excluding ortho intramolecular Hbond substituents is 2. The van der Waals surface area contributed by atoms with Crippen LogP contribution in [0.4, 0.5) is 0 Å². The minimum atomic E-state index is -0.957. The van der Waals surface area contributed by atoms with Crippen LogP contribution in [0.2, 0.25) is 0 Å². The molecule has 1 aromatic carbocycles. The summed E-state index contributed by atoms with van der Waals surface area (Å²) >= 11 is 0. The van der Waals surface area contributed by atoms with Crippen molar-refractivity contribution >= 4 is 0 Å². The predicted octanol–water partition coefficient (Wildman–Crippen LogP) is 0.823. The van der Waals surface area contributed by atoms with Crippen LogP contribution >= 0.6 is 0 Å². The highest BCUT2D eigenvalue weighted by Gasteiger charge is 2.33. The standard InChI is InChI=1S/C14H13NO5/c16-7-4-10(17)9-6-11(18)13(20-12(9)5-7)8-2-1-3-15-14(8)19/h1-5,11,13,16-18H,6H2,(H,15,19). The molecular formula is C14H13NO5. The molecule has 20 heavy (non-hydrogen) atoms. The summed E-state index contributed by atoms with van der Waals surface area (Å²) in [5.41, 5.74) is 0.372. The molecule has 0 radical (unpaired) electrons.